The molecule has 0 bridgehead atoms. The summed E-state index contributed by atoms with van der Waals surface area (Å²) in [6.45, 7) is 1.42. The Hall–Kier alpha value is -2.60. The highest BCUT2D eigenvalue weighted by atomic mass is 32.2. The average Bonchev–Trinajstić information content (AvgIpc) is 2.89. The molecule has 24 heavy (non-hydrogen) atoms. The third-order valence-electron chi connectivity index (χ3n) is 3.68. The molecule has 1 unspecified atom stereocenters. The minimum absolute atomic E-state index is 0.0884. The van der Waals surface area contributed by atoms with Crippen LogP contribution in [0.5, 0.6) is 11.5 Å². The Bertz CT molecular complexity index is 858. The SMILES string of the molecule is CC(=O)N(c1ccc(Oc2ccccc2)cc1)C1C=CS(=O)(=O)C1. The van der Waals surface area contributed by atoms with Gasteiger partial charge in [-0.1, -0.05) is 18.2 Å². The molecule has 1 aliphatic heterocycles. The van der Waals surface area contributed by atoms with E-state index in [4.69, 9.17) is 4.74 Å². The first kappa shape index (κ1) is 16.3. The predicted octanol–water partition coefficient (Wildman–Crippen LogP) is 3.14. The fourth-order valence-corrected chi connectivity index (χ4v) is 3.89. The minimum atomic E-state index is -3.23. The summed E-state index contributed by atoms with van der Waals surface area (Å²) in [6, 6.07) is 15.9. The zero-order valence-electron chi connectivity index (χ0n) is 13.1. The number of amides is 1. The van der Waals surface area contributed by atoms with Crippen LogP contribution in [0.15, 0.2) is 66.1 Å². The van der Waals surface area contributed by atoms with Crippen LogP contribution in [0.1, 0.15) is 6.92 Å². The topological polar surface area (TPSA) is 63.7 Å². The van der Waals surface area contributed by atoms with Gasteiger partial charge in [-0.05, 0) is 42.5 Å². The number of anilines is 1. The van der Waals surface area contributed by atoms with Gasteiger partial charge < -0.3 is 9.64 Å². The lowest BCUT2D eigenvalue weighted by Crippen LogP contribution is -2.39. The Kier molecular flexibility index (Phi) is 4.40. The van der Waals surface area contributed by atoms with Crippen molar-refractivity contribution in [2.24, 2.45) is 0 Å². The molecule has 1 heterocycles. The van der Waals surface area contributed by atoms with Gasteiger partial charge in [0.05, 0.1) is 11.8 Å². The molecule has 5 nitrogen and oxygen atoms in total. The maximum atomic E-state index is 12.0. The number of nitrogens with zero attached hydrogens (tertiary/aromatic N) is 1. The van der Waals surface area contributed by atoms with Crippen molar-refractivity contribution < 1.29 is 17.9 Å². The smallest absolute Gasteiger partial charge is 0.224 e. The van der Waals surface area contributed by atoms with Crippen molar-refractivity contribution in [2.75, 3.05) is 10.7 Å². The number of hydrogen-bond acceptors (Lipinski definition) is 4. The van der Waals surface area contributed by atoms with Gasteiger partial charge in [0.25, 0.3) is 0 Å². The summed E-state index contributed by atoms with van der Waals surface area (Å²) in [5, 5.41) is 1.17. The quantitative estimate of drug-likeness (QED) is 0.855. The van der Waals surface area contributed by atoms with Gasteiger partial charge in [-0.25, -0.2) is 8.42 Å². The highest BCUT2D eigenvalue weighted by molar-refractivity contribution is 7.94. The second-order valence-corrected chi connectivity index (χ2v) is 7.45. The Balaban J connectivity index is 1.80. The van der Waals surface area contributed by atoms with Gasteiger partial charge in [-0.15, -0.1) is 0 Å². The van der Waals surface area contributed by atoms with Crippen LogP contribution in [0.2, 0.25) is 0 Å². The largest absolute Gasteiger partial charge is 0.457 e. The van der Waals surface area contributed by atoms with E-state index in [1.807, 2.05) is 30.3 Å². The minimum Gasteiger partial charge on any atom is -0.457 e. The van der Waals surface area contributed by atoms with Crippen LogP contribution >= 0.6 is 0 Å². The third-order valence-corrected chi connectivity index (χ3v) is 5.05. The molecule has 0 fully saturated rings. The lowest BCUT2D eigenvalue weighted by Gasteiger charge is -2.26. The molecule has 2 aromatic rings. The van der Waals surface area contributed by atoms with E-state index in [1.165, 1.54) is 17.2 Å². The normalized spacial score (nSPS) is 18.3. The molecule has 0 aromatic heterocycles. The molecule has 1 atom stereocenters. The Morgan fingerprint density at radius 2 is 1.67 bits per heavy atom. The first-order valence-electron chi connectivity index (χ1n) is 7.48. The van der Waals surface area contributed by atoms with Crippen LogP contribution in [-0.4, -0.2) is 26.1 Å². The fourth-order valence-electron chi connectivity index (χ4n) is 2.63. The first-order chi connectivity index (χ1) is 11.4. The molecule has 0 saturated carbocycles. The second-order valence-electron chi connectivity index (χ2n) is 5.52. The van der Waals surface area contributed by atoms with Crippen molar-refractivity contribution in [3.8, 4) is 11.5 Å². The summed E-state index contributed by atoms with van der Waals surface area (Å²) < 4.78 is 28.9. The summed E-state index contributed by atoms with van der Waals surface area (Å²) in [6.07, 6.45) is 1.55. The number of para-hydroxylation sites is 1. The fraction of sp³-hybridized carbons (Fsp3) is 0.167. The van der Waals surface area contributed by atoms with Crippen LogP contribution < -0.4 is 9.64 Å². The molecule has 3 rings (SSSR count). The van der Waals surface area contributed by atoms with Crippen molar-refractivity contribution in [3.05, 3.63) is 66.1 Å². The van der Waals surface area contributed by atoms with E-state index in [0.717, 1.165) is 5.75 Å². The number of carbonyl (C=O) groups is 1. The molecular weight excluding hydrogens is 326 g/mol. The summed E-state index contributed by atoms with van der Waals surface area (Å²) >= 11 is 0. The van der Waals surface area contributed by atoms with Gasteiger partial charge in [0, 0.05) is 18.0 Å². The van der Waals surface area contributed by atoms with Crippen LogP contribution in [0.3, 0.4) is 0 Å². The van der Waals surface area contributed by atoms with Crippen molar-refractivity contribution in [1.82, 2.24) is 0 Å². The van der Waals surface area contributed by atoms with E-state index in [-0.39, 0.29) is 11.7 Å². The molecule has 0 saturated heterocycles. The maximum Gasteiger partial charge on any atom is 0.224 e. The number of ether oxygens (including phenoxy) is 1. The van der Waals surface area contributed by atoms with Crippen LogP contribution in [-0.2, 0) is 14.6 Å². The lowest BCUT2D eigenvalue weighted by atomic mass is 10.2. The Labute approximate surface area is 141 Å². The average molecular weight is 343 g/mol. The van der Waals surface area contributed by atoms with Crippen molar-refractivity contribution in [2.45, 2.75) is 13.0 Å². The number of rotatable bonds is 4. The molecule has 6 heteroatoms. The summed E-state index contributed by atoms with van der Waals surface area (Å²) in [4.78, 5) is 13.5. The second kappa shape index (κ2) is 6.49. The predicted molar refractivity (Wildman–Crippen MR) is 92.8 cm³/mol. The van der Waals surface area contributed by atoms with Crippen LogP contribution in [0.4, 0.5) is 5.69 Å². The van der Waals surface area contributed by atoms with Gasteiger partial charge in [-0.3, -0.25) is 4.79 Å². The number of hydrogen-bond donors (Lipinski definition) is 0. The summed E-state index contributed by atoms with van der Waals surface area (Å²) in [5.74, 6) is 1.06. The first-order valence-corrected chi connectivity index (χ1v) is 9.20. The molecule has 124 valence electrons. The lowest BCUT2D eigenvalue weighted by molar-refractivity contribution is -0.116. The maximum absolute atomic E-state index is 12.0. The number of sulfone groups is 1. The van der Waals surface area contributed by atoms with E-state index >= 15 is 0 Å². The Morgan fingerprint density at radius 1 is 1.04 bits per heavy atom. The van der Waals surface area contributed by atoms with Gasteiger partial charge in [0.1, 0.15) is 11.5 Å². The summed E-state index contributed by atoms with van der Waals surface area (Å²) in [7, 11) is -3.23. The van der Waals surface area contributed by atoms with Gasteiger partial charge >= 0.3 is 0 Å². The Morgan fingerprint density at radius 3 is 2.21 bits per heavy atom. The monoisotopic (exact) mass is 343 g/mol. The standard InChI is InChI=1S/C18H17NO4S/c1-14(20)19(16-11-12-24(21,22)13-16)15-7-9-18(10-8-15)23-17-5-3-2-4-6-17/h2-12,16H,13H2,1H3. The summed E-state index contributed by atoms with van der Waals surface area (Å²) in [5.41, 5.74) is 0.634. The van der Waals surface area contributed by atoms with E-state index in [9.17, 15) is 13.2 Å². The molecule has 1 amide bonds. The highest BCUT2D eigenvalue weighted by Crippen LogP contribution is 2.27. The molecule has 1 aliphatic rings. The molecular formula is C18H17NO4S. The van der Waals surface area contributed by atoms with E-state index < -0.39 is 15.9 Å². The van der Waals surface area contributed by atoms with Crippen molar-refractivity contribution >= 4 is 21.4 Å². The number of carbonyl (C=O) groups excluding carboxylic acids is 1. The zero-order valence-corrected chi connectivity index (χ0v) is 13.9. The van der Waals surface area contributed by atoms with Crippen molar-refractivity contribution in [1.29, 1.82) is 0 Å². The molecule has 2 aromatic carbocycles. The van der Waals surface area contributed by atoms with Crippen LogP contribution in [0.25, 0.3) is 0 Å². The van der Waals surface area contributed by atoms with Gasteiger partial charge in [0.2, 0.25) is 5.91 Å². The van der Waals surface area contributed by atoms with E-state index in [0.29, 0.717) is 11.4 Å². The van der Waals surface area contributed by atoms with Gasteiger partial charge in [-0.2, -0.15) is 0 Å². The van der Waals surface area contributed by atoms with E-state index in [1.54, 1.807) is 30.3 Å². The molecule has 0 spiro atoms. The molecule has 0 aliphatic carbocycles. The molecule has 0 N–H and O–H groups in total. The highest BCUT2D eigenvalue weighted by Gasteiger charge is 2.29. The van der Waals surface area contributed by atoms with Crippen molar-refractivity contribution in [3.63, 3.8) is 0 Å². The van der Waals surface area contributed by atoms with Crippen LogP contribution in [0, 0.1) is 0 Å². The number of benzene rings is 2. The van der Waals surface area contributed by atoms with E-state index in [2.05, 4.69) is 0 Å². The molecule has 0 radical (unpaired) electrons. The zero-order chi connectivity index (χ0) is 17.2. The third kappa shape index (κ3) is 3.65. The van der Waals surface area contributed by atoms with Gasteiger partial charge in [0.15, 0.2) is 9.84 Å².